The lowest BCUT2D eigenvalue weighted by atomic mass is 10.0. The highest BCUT2D eigenvalue weighted by atomic mass is 32.2. The summed E-state index contributed by atoms with van der Waals surface area (Å²) in [7, 11) is 0. The average Bonchev–Trinajstić information content (AvgIpc) is 3.28. The van der Waals surface area contributed by atoms with Gasteiger partial charge in [0.05, 0.1) is 11.8 Å². The van der Waals surface area contributed by atoms with Crippen molar-refractivity contribution >= 4 is 23.5 Å². The van der Waals surface area contributed by atoms with Gasteiger partial charge in [-0.05, 0) is 43.2 Å². The summed E-state index contributed by atoms with van der Waals surface area (Å²) in [5, 5.41) is 11.9. The molecule has 0 aliphatic carbocycles. The molecule has 1 aromatic heterocycles. The molecule has 6 nitrogen and oxygen atoms in total. The molecule has 0 saturated carbocycles. The fourth-order valence-corrected chi connectivity index (χ4v) is 4.24. The number of Topliss-reactive ketones (excluding diaryl/α,β-unsaturated/α-hetero) is 1. The second-order valence-corrected chi connectivity index (χ2v) is 8.64. The SMILES string of the molecule is CC(=O)C(Cc1ccccc1)NC(=O)CSc1nnc(-c2ccccc2)n1-c1ccc(F)cc1. The second kappa shape index (κ2) is 10.9. The Morgan fingerprint density at radius 3 is 2.24 bits per heavy atom. The van der Waals surface area contributed by atoms with Crippen molar-refractivity contribution in [1.82, 2.24) is 20.1 Å². The largest absolute Gasteiger partial charge is 0.345 e. The summed E-state index contributed by atoms with van der Waals surface area (Å²) in [6.07, 6.45) is 0.427. The number of carbonyl (C=O) groups is 2. The van der Waals surface area contributed by atoms with Gasteiger partial charge in [0.15, 0.2) is 16.8 Å². The Kier molecular flexibility index (Phi) is 7.49. The number of hydrogen-bond donors (Lipinski definition) is 1. The van der Waals surface area contributed by atoms with E-state index in [4.69, 9.17) is 0 Å². The van der Waals surface area contributed by atoms with Crippen molar-refractivity contribution in [3.05, 3.63) is 96.3 Å². The molecule has 1 heterocycles. The molecule has 3 aromatic carbocycles. The summed E-state index contributed by atoms with van der Waals surface area (Å²) in [6, 6.07) is 24.5. The van der Waals surface area contributed by atoms with Crippen molar-refractivity contribution in [3.63, 3.8) is 0 Å². The van der Waals surface area contributed by atoms with Crippen LogP contribution in [0.5, 0.6) is 0 Å². The van der Waals surface area contributed by atoms with Gasteiger partial charge in [-0.2, -0.15) is 0 Å². The van der Waals surface area contributed by atoms with Gasteiger partial charge in [0.1, 0.15) is 5.82 Å². The topological polar surface area (TPSA) is 76.9 Å². The number of benzene rings is 3. The van der Waals surface area contributed by atoms with Crippen LogP contribution in [0.2, 0.25) is 0 Å². The maximum atomic E-state index is 13.5. The molecule has 8 heteroatoms. The Labute approximate surface area is 201 Å². The van der Waals surface area contributed by atoms with Gasteiger partial charge in [0.25, 0.3) is 0 Å². The van der Waals surface area contributed by atoms with Crippen molar-refractivity contribution in [2.75, 3.05) is 5.75 Å². The zero-order chi connectivity index (χ0) is 23.9. The van der Waals surface area contributed by atoms with E-state index in [0.29, 0.717) is 23.1 Å². The highest BCUT2D eigenvalue weighted by molar-refractivity contribution is 7.99. The predicted octanol–water partition coefficient (Wildman–Crippen LogP) is 4.48. The van der Waals surface area contributed by atoms with E-state index in [9.17, 15) is 14.0 Å². The van der Waals surface area contributed by atoms with Crippen molar-refractivity contribution in [1.29, 1.82) is 0 Å². The Balaban J connectivity index is 1.52. The molecular formula is C26H23FN4O2S. The number of aromatic nitrogens is 3. The smallest absolute Gasteiger partial charge is 0.231 e. The van der Waals surface area contributed by atoms with E-state index in [0.717, 1.165) is 11.1 Å². The van der Waals surface area contributed by atoms with Crippen LogP contribution in [0, 0.1) is 5.82 Å². The number of halogens is 1. The van der Waals surface area contributed by atoms with Crippen LogP contribution in [0.3, 0.4) is 0 Å². The van der Waals surface area contributed by atoms with E-state index in [1.165, 1.54) is 30.8 Å². The lowest BCUT2D eigenvalue weighted by molar-refractivity contribution is -0.125. The lowest BCUT2D eigenvalue weighted by Gasteiger charge is -2.16. The molecule has 0 aliphatic rings. The summed E-state index contributed by atoms with van der Waals surface area (Å²) >= 11 is 1.20. The van der Waals surface area contributed by atoms with Crippen molar-refractivity contribution in [2.45, 2.75) is 24.5 Å². The minimum absolute atomic E-state index is 0.0483. The molecule has 0 aliphatic heterocycles. The third-order valence-corrected chi connectivity index (χ3v) is 6.12. The maximum absolute atomic E-state index is 13.5. The number of rotatable bonds is 9. The van der Waals surface area contributed by atoms with Crippen LogP contribution >= 0.6 is 11.8 Å². The van der Waals surface area contributed by atoms with Gasteiger partial charge >= 0.3 is 0 Å². The molecule has 0 spiro atoms. The maximum Gasteiger partial charge on any atom is 0.231 e. The summed E-state index contributed by atoms with van der Waals surface area (Å²) in [5.74, 6) is -0.104. The third kappa shape index (κ3) is 5.77. The summed E-state index contributed by atoms with van der Waals surface area (Å²) < 4.78 is 15.3. The van der Waals surface area contributed by atoms with Gasteiger partial charge in [-0.3, -0.25) is 14.2 Å². The Hall–Kier alpha value is -3.78. The first-order chi connectivity index (χ1) is 16.5. The lowest BCUT2D eigenvalue weighted by Crippen LogP contribution is -2.42. The zero-order valence-electron chi connectivity index (χ0n) is 18.5. The highest BCUT2D eigenvalue weighted by Gasteiger charge is 2.20. The fourth-order valence-electron chi connectivity index (χ4n) is 3.47. The normalized spacial score (nSPS) is 11.7. The van der Waals surface area contributed by atoms with Gasteiger partial charge < -0.3 is 5.32 Å². The van der Waals surface area contributed by atoms with Crippen LogP contribution in [0.4, 0.5) is 4.39 Å². The number of nitrogens with one attached hydrogen (secondary N) is 1. The van der Waals surface area contributed by atoms with E-state index in [2.05, 4.69) is 15.5 Å². The van der Waals surface area contributed by atoms with Gasteiger partial charge in [0.2, 0.25) is 5.91 Å². The predicted molar refractivity (Wildman–Crippen MR) is 130 cm³/mol. The number of nitrogens with zero attached hydrogens (tertiary/aromatic N) is 3. The molecule has 1 unspecified atom stereocenters. The van der Waals surface area contributed by atoms with Crippen LogP contribution in [-0.2, 0) is 16.0 Å². The number of carbonyl (C=O) groups excluding carboxylic acids is 2. The van der Waals surface area contributed by atoms with Gasteiger partial charge in [-0.1, -0.05) is 72.4 Å². The first kappa shape index (κ1) is 23.4. The van der Waals surface area contributed by atoms with Crippen LogP contribution in [0.15, 0.2) is 90.1 Å². The van der Waals surface area contributed by atoms with E-state index >= 15 is 0 Å². The van der Waals surface area contributed by atoms with E-state index in [-0.39, 0.29) is 23.3 Å². The average molecular weight is 475 g/mol. The molecule has 0 fully saturated rings. The Morgan fingerprint density at radius 2 is 1.59 bits per heavy atom. The molecule has 0 saturated heterocycles. The fraction of sp³-hybridized carbons (Fsp3) is 0.154. The first-order valence-electron chi connectivity index (χ1n) is 10.7. The van der Waals surface area contributed by atoms with E-state index < -0.39 is 6.04 Å². The quantitative estimate of drug-likeness (QED) is 0.362. The highest BCUT2D eigenvalue weighted by Crippen LogP contribution is 2.28. The molecule has 0 bridgehead atoms. The third-order valence-electron chi connectivity index (χ3n) is 5.19. The molecular weight excluding hydrogens is 451 g/mol. The van der Waals surface area contributed by atoms with Crippen molar-refractivity contribution < 1.29 is 14.0 Å². The molecule has 1 atom stereocenters. The molecule has 1 N–H and O–H groups in total. The van der Waals surface area contributed by atoms with E-state index in [1.54, 1.807) is 16.7 Å². The first-order valence-corrected chi connectivity index (χ1v) is 11.7. The van der Waals surface area contributed by atoms with Gasteiger partial charge in [-0.25, -0.2) is 4.39 Å². The van der Waals surface area contributed by atoms with Crippen LogP contribution in [0.1, 0.15) is 12.5 Å². The molecule has 172 valence electrons. The molecule has 4 rings (SSSR count). The van der Waals surface area contributed by atoms with Crippen LogP contribution in [-0.4, -0.2) is 38.2 Å². The Bertz CT molecular complexity index is 1260. The number of amides is 1. The minimum Gasteiger partial charge on any atom is -0.345 e. The molecule has 34 heavy (non-hydrogen) atoms. The molecule has 4 aromatic rings. The van der Waals surface area contributed by atoms with Crippen molar-refractivity contribution in [2.24, 2.45) is 0 Å². The number of hydrogen-bond acceptors (Lipinski definition) is 5. The summed E-state index contributed by atoms with van der Waals surface area (Å²) in [6.45, 7) is 1.47. The summed E-state index contributed by atoms with van der Waals surface area (Å²) in [4.78, 5) is 24.8. The van der Waals surface area contributed by atoms with E-state index in [1.807, 2.05) is 60.7 Å². The standard InChI is InChI=1S/C26H23FN4O2S/c1-18(32)23(16-19-8-4-2-5-9-19)28-24(33)17-34-26-30-29-25(20-10-6-3-7-11-20)31(26)22-14-12-21(27)13-15-22/h2-15,23H,16-17H2,1H3,(H,28,33). The van der Waals surface area contributed by atoms with Gasteiger partial charge in [-0.15, -0.1) is 10.2 Å². The monoisotopic (exact) mass is 474 g/mol. The van der Waals surface area contributed by atoms with Gasteiger partial charge in [0, 0.05) is 11.3 Å². The number of thioether (sulfide) groups is 1. The number of ketones is 1. The summed E-state index contributed by atoms with van der Waals surface area (Å²) in [5.41, 5.74) is 2.49. The van der Waals surface area contributed by atoms with Crippen LogP contribution in [0.25, 0.3) is 17.1 Å². The minimum atomic E-state index is -0.606. The molecule has 0 radical (unpaired) electrons. The molecule has 1 amide bonds. The second-order valence-electron chi connectivity index (χ2n) is 7.69. The van der Waals surface area contributed by atoms with Crippen molar-refractivity contribution in [3.8, 4) is 17.1 Å². The zero-order valence-corrected chi connectivity index (χ0v) is 19.3. The van der Waals surface area contributed by atoms with Crippen LogP contribution < -0.4 is 5.32 Å². The Morgan fingerprint density at radius 1 is 0.941 bits per heavy atom.